The molecule has 3 heterocycles. The van der Waals surface area contributed by atoms with Gasteiger partial charge in [-0.2, -0.15) is 0 Å². The summed E-state index contributed by atoms with van der Waals surface area (Å²) in [6.45, 7) is 8.28. The number of pyridine rings is 2. The molecule has 0 bridgehead atoms. The first-order valence-electron chi connectivity index (χ1n) is 10.8. The van der Waals surface area contributed by atoms with Crippen molar-refractivity contribution in [3.63, 3.8) is 0 Å². The van der Waals surface area contributed by atoms with Crippen LogP contribution in [-0.4, -0.2) is 49.1 Å². The molecule has 0 spiro atoms. The van der Waals surface area contributed by atoms with Gasteiger partial charge in [-0.25, -0.2) is 9.78 Å². The Morgan fingerprint density at radius 1 is 1.19 bits per heavy atom. The summed E-state index contributed by atoms with van der Waals surface area (Å²) in [5.74, 6) is 2.26. The van der Waals surface area contributed by atoms with Crippen molar-refractivity contribution in [2.75, 3.05) is 6.61 Å². The molecule has 1 saturated carbocycles. The third-order valence-corrected chi connectivity index (χ3v) is 5.08. The monoisotopic (exact) mass is 436 g/mol. The van der Waals surface area contributed by atoms with Gasteiger partial charge in [-0.1, -0.05) is 0 Å². The summed E-state index contributed by atoms with van der Waals surface area (Å²) in [5.41, 5.74) is 1.21. The van der Waals surface area contributed by atoms with Gasteiger partial charge in [0.1, 0.15) is 23.4 Å². The van der Waals surface area contributed by atoms with Gasteiger partial charge in [0.15, 0.2) is 5.82 Å². The van der Waals surface area contributed by atoms with Crippen LogP contribution in [0.5, 0.6) is 5.75 Å². The molecule has 168 valence electrons. The van der Waals surface area contributed by atoms with Gasteiger partial charge in [-0.05, 0) is 64.8 Å². The molecule has 4 rings (SSSR count). The summed E-state index contributed by atoms with van der Waals surface area (Å²) in [4.78, 5) is 20.8. The van der Waals surface area contributed by atoms with E-state index < -0.39 is 6.09 Å². The summed E-state index contributed by atoms with van der Waals surface area (Å²) in [5, 5.41) is 11.7. The average molecular weight is 437 g/mol. The van der Waals surface area contributed by atoms with Crippen LogP contribution in [0.25, 0.3) is 17.2 Å². The molecule has 9 heteroatoms. The molecular formula is C23H28N6O3. The normalized spacial score (nSPS) is 18.0. The highest BCUT2D eigenvalue weighted by atomic mass is 16.6. The zero-order valence-electron chi connectivity index (χ0n) is 18.8. The van der Waals surface area contributed by atoms with E-state index in [9.17, 15) is 4.79 Å². The number of ether oxygens (including phenoxy) is 2. The van der Waals surface area contributed by atoms with Crippen LogP contribution < -0.4 is 10.1 Å². The molecule has 1 aliphatic carbocycles. The fourth-order valence-electron chi connectivity index (χ4n) is 3.59. The quantitative estimate of drug-likeness (QED) is 0.625. The first-order chi connectivity index (χ1) is 15.3. The summed E-state index contributed by atoms with van der Waals surface area (Å²) < 4.78 is 13.0. The minimum Gasteiger partial charge on any atom is -0.492 e. The minimum atomic E-state index is -0.394. The number of alkyl carbamates (subject to hydrolysis) is 1. The van der Waals surface area contributed by atoms with Gasteiger partial charge in [0, 0.05) is 17.7 Å². The van der Waals surface area contributed by atoms with Crippen LogP contribution in [0.2, 0.25) is 0 Å². The third-order valence-electron chi connectivity index (χ3n) is 5.08. The van der Waals surface area contributed by atoms with E-state index in [2.05, 4.69) is 25.5 Å². The number of nitrogens with zero attached hydrogens (tertiary/aromatic N) is 5. The molecule has 0 radical (unpaired) electrons. The Morgan fingerprint density at radius 2 is 2.00 bits per heavy atom. The van der Waals surface area contributed by atoms with Crippen molar-refractivity contribution < 1.29 is 14.3 Å². The zero-order valence-corrected chi connectivity index (χ0v) is 18.8. The van der Waals surface area contributed by atoms with E-state index in [0.29, 0.717) is 36.7 Å². The largest absolute Gasteiger partial charge is 0.492 e. The lowest BCUT2D eigenvalue weighted by Gasteiger charge is -2.34. The van der Waals surface area contributed by atoms with Gasteiger partial charge < -0.3 is 14.8 Å². The average Bonchev–Trinajstić information content (AvgIpc) is 3.15. The van der Waals surface area contributed by atoms with Crippen LogP contribution >= 0.6 is 0 Å². The van der Waals surface area contributed by atoms with Crippen LogP contribution in [0.3, 0.4) is 0 Å². The van der Waals surface area contributed by atoms with Crippen molar-refractivity contribution in [1.29, 1.82) is 0 Å². The molecule has 0 atom stereocenters. The number of hydrogen-bond acceptors (Lipinski definition) is 7. The number of amides is 1. The second kappa shape index (κ2) is 8.94. The molecule has 0 aromatic carbocycles. The lowest BCUT2D eigenvalue weighted by atomic mass is 9.81. The Kier molecular flexibility index (Phi) is 6.07. The van der Waals surface area contributed by atoms with E-state index in [1.165, 1.54) is 0 Å². The van der Waals surface area contributed by atoms with Crippen molar-refractivity contribution >= 4 is 6.09 Å². The number of carbonyl (C=O) groups is 1. The maximum absolute atomic E-state index is 12.1. The number of aromatic nitrogens is 5. The van der Waals surface area contributed by atoms with Crippen LogP contribution in [0.4, 0.5) is 4.79 Å². The molecule has 1 fully saturated rings. The molecule has 1 amide bonds. The van der Waals surface area contributed by atoms with Crippen LogP contribution in [0, 0.1) is 0 Å². The van der Waals surface area contributed by atoms with Crippen molar-refractivity contribution in [1.82, 2.24) is 30.0 Å². The predicted molar refractivity (Wildman–Crippen MR) is 119 cm³/mol. The molecule has 0 saturated heterocycles. The molecule has 3 aromatic heterocycles. The van der Waals surface area contributed by atoms with E-state index >= 15 is 0 Å². The third kappa shape index (κ3) is 4.87. The Hall–Kier alpha value is -3.49. The molecule has 0 unspecified atom stereocenters. The lowest BCUT2D eigenvalue weighted by Crippen LogP contribution is -2.44. The summed E-state index contributed by atoms with van der Waals surface area (Å²) in [6, 6.07) is 7.57. The van der Waals surface area contributed by atoms with E-state index in [4.69, 9.17) is 9.47 Å². The molecule has 32 heavy (non-hydrogen) atoms. The summed E-state index contributed by atoms with van der Waals surface area (Å²) in [7, 11) is 0. The minimum absolute atomic E-state index is 0.117. The molecule has 1 N–H and O–H groups in total. The molecule has 1 aliphatic rings. The zero-order chi connectivity index (χ0) is 22.7. The fraction of sp³-hybridized carbons (Fsp3) is 0.435. The molecular weight excluding hydrogens is 408 g/mol. The topological polar surface area (TPSA) is 104 Å². The summed E-state index contributed by atoms with van der Waals surface area (Å²) in [6.07, 6.45) is 6.02. The first kappa shape index (κ1) is 21.7. The number of carbonyl (C=O) groups excluding carboxylic acids is 1. The smallest absolute Gasteiger partial charge is 0.407 e. The Morgan fingerprint density at radius 3 is 2.62 bits per heavy atom. The number of rotatable bonds is 6. The van der Waals surface area contributed by atoms with Crippen LogP contribution in [0.1, 0.15) is 52.3 Å². The van der Waals surface area contributed by atoms with Gasteiger partial charge in [-0.3, -0.25) is 9.55 Å². The van der Waals surface area contributed by atoms with E-state index in [-0.39, 0.29) is 17.6 Å². The molecule has 3 aromatic rings. The van der Waals surface area contributed by atoms with Crippen molar-refractivity contribution in [3.8, 4) is 23.0 Å². The second-order valence-corrected chi connectivity index (χ2v) is 8.81. The van der Waals surface area contributed by atoms with E-state index in [1.54, 1.807) is 18.6 Å². The Bertz CT molecular complexity index is 1050. The Labute approximate surface area is 187 Å². The maximum atomic E-state index is 12.1. The van der Waals surface area contributed by atoms with E-state index in [1.807, 2.05) is 56.5 Å². The number of nitrogens with one attached hydrogen (secondary N) is 1. The second-order valence-electron chi connectivity index (χ2n) is 8.81. The standard InChI is InChI=1S/C23H28N6O3/c1-5-31-17-8-9-19(25-14-17)21-28-27-20(29(21)16-7-6-10-24-13-16)15-11-18(12-15)32-22(30)26-23(2,3)4/h6-10,13-15,18H,5,11-12H2,1-4H3,(H,26,30). The SMILES string of the molecule is CCOc1ccc(-c2nnc(C3CC(OC(=O)NC(C)(C)C)C3)n2-c2cccnc2)nc1. The van der Waals surface area contributed by atoms with Crippen molar-refractivity contribution in [3.05, 3.63) is 48.7 Å². The predicted octanol–water partition coefficient (Wildman–Crippen LogP) is 3.89. The lowest BCUT2D eigenvalue weighted by molar-refractivity contribution is 0.0336. The van der Waals surface area contributed by atoms with Gasteiger partial charge in [0.05, 0.1) is 24.7 Å². The van der Waals surface area contributed by atoms with Gasteiger partial charge in [0.25, 0.3) is 0 Å². The highest BCUT2D eigenvalue weighted by Gasteiger charge is 2.38. The first-order valence-corrected chi connectivity index (χ1v) is 10.8. The molecule has 9 nitrogen and oxygen atoms in total. The van der Waals surface area contributed by atoms with Gasteiger partial charge >= 0.3 is 6.09 Å². The van der Waals surface area contributed by atoms with Crippen molar-refractivity contribution in [2.24, 2.45) is 0 Å². The molecule has 0 aliphatic heterocycles. The number of hydrogen-bond donors (Lipinski definition) is 1. The highest BCUT2D eigenvalue weighted by molar-refractivity contribution is 5.68. The Balaban J connectivity index is 1.56. The van der Waals surface area contributed by atoms with E-state index in [0.717, 1.165) is 11.5 Å². The summed E-state index contributed by atoms with van der Waals surface area (Å²) >= 11 is 0. The van der Waals surface area contributed by atoms with Gasteiger partial charge in [0.2, 0.25) is 0 Å². The van der Waals surface area contributed by atoms with Crippen LogP contribution in [-0.2, 0) is 4.74 Å². The fourth-order valence-corrected chi connectivity index (χ4v) is 3.59. The van der Waals surface area contributed by atoms with Crippen molar-refractivity contribution in [2.45, 2.75) is 58.1 Å². The van der Waals surface area contributed by atoms with Crippen LogP contribution in [0.15, 0.2) is 42.9 Å². The van der Waals surface area contributed by atoms with Gasteiger partial charge in [-0.15, -0.1) is 10.2 Å². The highest BCUT2D eigenvalue weighted by Crippen LogP contribution is 2.40. The maximum Gasteiger partial charge on any atom is 0.407 e.